The third-order valence-electron chi connectivity index (χ3n) is 3.38. The van der Waals surface area contributed by atoms with Gasteiger partial charge in [0.1, 0.15) is 5.82 Å². The highest BCUT2D eigenvalue weighted by molar-refractivity contribution is 9.10. The number of nitro groups is 1. The number of nitrogens with zero attached hydrogens (tertiary/aromatic N) is 4. The van der Waals surface area contributed by atoms with E-state index in [4.69, 9.17) is 0 Å². The summed E-state index contributed by atoms with van der Waals surface area (Å²) in [6.07, 6.45) is 1.81. The summed E-state index contributed by atoms with van der Waals surface area (Å²) in [5.41, 5.74) is 0.196. The topological polar surface area (TPSA) is 90.9 Å². The van der Waals surface area contributed by atoms with Crippen LogP contribution in [0.1, 0.15) is 36.5 Å². The van der Waals surface area contributed by atoms with Gasteiger partial charge in [-0.1, -0.05) is 34.6 Å². The zero-order valence-electron chi connectivity index (χ0n) is 13.4. The van der Waals surface area contributed by atoms with Gasteiger partial charge in [0.15, 0.2) is 10.9 Å². The number of benzene rings is 1. The molecule has 1 aromatic carbocycles. The van der Waals surface area contributed by atoms with Crippen molar-refractivity contribution in [2.75, 3.05) is 5.75 Å². The van der Waals surface area contributed by atoms with E-state index in [0.717, 1.165) is 25.2 Å². The highest BCUT2D eigenvalue weighted by Crippen LogP contribution is 2.25. The fraction of sp³-hybridized carbons (Fsp3) is 0.400. The SMILES string of the molecule is CCCc1nnc(SCC(=O)c2cc([N+](=O)[O-])ccc2Br)n1CC. The summed E-state index contributed by atoms with van der Waals surface area (Å²) in [4.78, 5) is 22.8. The summed E-state index contributed by atoms with van der Waals surface area (Å²) in [5, 5.41) is 19.9. The van der Waals surface area contributed by atoms with Crippen molar-refractivity contribution in [3.8, 4) is 0 Å². The molecule has 0 amide bonds. The highest BCUT2D eigenvalue weighted by atomic mass is 79.9. The lowest BCUT2D eigenvalue weighted by Crippen LogP contribution is -2.07. The molecule has 2 aromatic rings. The smallest absolute Gasteiger partial charge is 0.270 e. The molecule has 1 aromatic heterocycles. The average Bonchev–Trinajstić information content (AvgIpc) is 2.95. The minimum atomic E-state index is -0.513. The number of non-ortho nitro benzene ring substituents is 1. The first-order chi connectivity index (χ1) is 11.5. The van der Waals surface area contributed by atoms with Crippen molar-refractivity contribution < 1.29 is 9.72 Å². The largest absolute Gasteiger partial charge is 0.306 e. The minimum Gasteiger partial charge on any atom is -0.306 e. The van der Waals surface area contributed by atoms with Gasteiger partial charge in [0.2, 0.25) is 0 Å². The van der Waals surface area contributed by atoms with E-state index in [1.165, 1.54) is 30.0 Å². The molecular formula is C15H17BrN4O3S. The van der Waals surface area contributed by atoms with Crippen LogP contribution in [0.25, 0.3) is 0 Å². The Morgan fingerprint density at radius 3 is 2.75 bits per heavy atom. The Morgan fingerprint density at radius 1 is 1.38 bits per heavy atom. The molecular weight excluding hydrogens is 396 g/mol. The Balaban J connectivity index is 2.14. The van der Waals surface area contributed by atoms with E-state index in [9.17, 15) is 14.9 Å². The van der Waals surface area contributed by atoms with Gasteiger partial charge >= 0.3 is 0 Å². The molecule has 2 rings (SSSR count). The first kappa shape index (κ1) is 18.6. The van der Waals surface area contributed by atoms with Gasteiger partial charge in [-0.05, 0) is 19.4 Å². The van der Waals surface area contributed by atoms with Crippen molar-refractivity contribution in [2.24, 2.45) is 0 Å². The van der Waals surface area contributed by atoms with Gasteiger partial charge in [0, 0.05) is 35.1 Å². The third kappa shape index (κ3) is 4.21. The molecule has 0 atom stereocenters. The summed E-state index contributed by atoms with van der Waals surface area (Å²) in [6, 6.07) is 4.17. The van der Waals surface area contributed by atoms with E-state index in [0.29, 0.717) is 15.2 Å². The number of thioether (sulfide) groups is 1. The number of carbonyl (C=O) groups is 1. The summed E-state index contributed by atoms with van der Waals surface area (Å²) in [5.74, 6) is 0.856. The maximum atomic E-state index is 12.4. The summed E-state index contributed by atoms with van der Waals surface area (Å²) >= 11 is 4.57. The summed E-state index contributed by atoms with van der Waals surface area (Å²) in [6.45, 7) is 4.82. The van der Waals surface area contributed by atoms with Crippen molar-refractivity contribution in [1.29, 1.82) is 0 Å². The maximum Gasteiger partial charge on any atom is 0.270 e. The van der Waals surface area contributed by atoms with E-state index >= 15 is 0 Å². The molecule has 0 N–H and O–H groups in total. The normalized spacial score (nSPS) is 10.8. The maximum absolute atomic E-state index is 12.4. The second-order valence-electron chi connectivity index (χ2n) is 5.03. The molecule has 0 aliphatic rings. The van der Waals surface area contributed by atoms with Gasteiger partial charge in [-0.3, -0.25) is 14.9 Å². The molecule has 0 radical (unpaired) electrons. The Morgan fingerprint density at radius 2 is 2.12 bits per heavy atom. The van der Waals surface area contributed by atoms with E-state index in [1.54, 1.807) is 0 Å². The summed E-state index contributed by atoms with van der Waals surface area (Å²) in [7, 11) is 0. The monoisotopic (exact) mass is 412 g/mol. The molecule has 0 unspecified atom stereocenters. The number of ketones is 1. The van der Waals surface area contributed by atoms with Crippen molar-refractivity contribution in [3.05, 3.63) is 44.2 Å². The molecule has 0 saturated heterocycles. The highest BCUT2D eigenvalue weighted by Gasteiger charge is 2.18. The average molecular weight is 413 g/mol. The molecule has 0 spiro atoms. The van der Waals surface area contributed by atoms with Crippen LogP contribution in [-0.4, -0.2) is 31.2 Å². The van der Waals surface area contributed by atoms with E-state index in [1.807, 2.05) is 11.5 Å². The molecule has 1 heterocycles. The first-order valence-electron chi connectivity index (χ1n) is 7.49. The van der Waals surface area contributed by atoms with Gasteiger partial charge in [-0.25, -0.2) is 0 Å². The second-order valence-corrected chi connectivity index (χ2v) is 6.82. The van der Waals surface area contributed by atoms with Crippen LogP contribution in [0.4, 0.5) is 5.69 Å². The molecule has 24 heavy (non-hydrogen) atoms. The Hall–Kier alpha value is -1.74. The van der Waals surface area contributed by atoms with Crippen LogP contribution >= 0.6 is 27.7 Å². The van der Waals surface area contributed by atoms with Crippen LogP contribution in [-0.2, 0) is 13.0 Å². The van der Waals surface area contributed by atoms with E-state index in [-0.39, 0.29) is 17.2 Å². The molecule has 0 fully saturated rings. The predicted octanol–water partition coefficient (Wildman–Crippen LogP) is 3.90. The number of aryl methyl sites for hydroxylation is 1. The van der Waals surface area contributed by atoms with Crippen LogP contribution in [0.5, 0.6) is 0 Å². The van der Waals surface area contributed by atoms with Crippen LogP contribution in [0.15, 0.2) is 27.8 Å². The standard InChI is InChI=1S/C15H17BrN4O3S/c1-3-5-14-17-18-15(19(14)4-2)24-9-13(21)11-8-10(20(22)23)6-7-12(11)16/h6-8H,3-5,9H2,1-2H3. The number of hydrogen-bond donors (Lipinski definition) is 0. The van der Waals surface area contributed by atoms with Crippen LogP contribution in [0, 0.1) is 10.1 Å². The summed E-state index contributed by atoms with van der Waals surface area (Å²) < 4.78 is 2.53. The number of halogens is 1. The van der Waals surface area contributed by atoms with Gasteiger partial charge in [-0.2, -0.15) is 0 Å². The molecule has 0 bridgehead atoms. The fourth-order valence-electron chi connectivity index (χ4n) is 2.20. The zero-order valence-corrected chi connectivity index (χ0v) is 15.8. The third-order valence-corrected chi connectivity index (χ3v) is 5.04. The predicted molar refractivity (Wildman–Crippen MR) is 95.5 cm³/mol. The van der Waals surface area contributed by atoms with Gasteiger partial charge < -0.3 is 4.57 Å². The Labute approximate surface area is 152 Å². The molecule has 0 saturated carbocycles. The van der Waals surface area contributed by atoms with Crippen molar-refractivity contribution >= 4 is 39.2 Å². The Kier molecular flexibility index (Phi) is 6.50. The number of rotatable bonds is 8. The van der Waals surface area contributed by atoms with Gasteiger partial charge in [0.05, 0.1) is 10.7 Å². The molecule has 9 heteroatoms. The molecule has 0 aliphatic heterocycles. The molecule has 0 aliphatic carbocycles. The van der Waals surface area contributed by atoms with E-state index in [2.05, 4.69) is 33.1 Å². The van der Waals surface area contributed by atoms with Gasteiger partial charge in [-0.15, -0.1) is 10.2 Å². The number of Topliss-reactive ketones (excluding diaryl/α,β-unsaturated/α-hetero) is 1. The molecule has 7 nitrogen and oxygen atoms in total. The van der Waals surface area contributed by atoms with Crippen molar-refractivity contribution in [3.63, 3.8) is 0 Å². The lowest BCUT2D eigenvalue weighted by atomic mass is 10.1. The number of hydrogen-bond acceptors (Lipinski definition) is 6. The number of aromatic nitrogens is 3. The Bertz CT molecular complexity index is 763. The van der Waals surface area contributed by atoms with Crippen LogP contribution in [0.3, 0.4) is 0 Å². The zero-order chi connectivity index (χ0) is 17.7. The van der Waals surface area contributed by atoms with Crippen molar-refractivity contribution in [2.45, 2.75) is 38.4 Å². The molecule has 128 valence electrons. The lowest BCUT2D eigenvalue weighted by molar-refractivity contribution is -0.384. The van der Waals surface area contributed by atoms with Crippen LogP contribution < -0.4 is 0 Å². The lowest BCUT2D eigenvalue weighted by Gasteiger charge is -2.07. The quantitative estimate of drug-likeness (QED) is 0.282. The van der Waals surface area contributed by atoms with E-state index < -0.39 is 4.92 Å². The minimum absolute atomic E-state index is 0.103. The fourth-order valence-corrected chi connectivity index (χ4v) is 3.57. The first-order valence-corrected chi connectivity index (χ1v) is 9.27. The number of carbonyl (C=O) groups excluding carboxylic acids is 1. The second kappa shape index (κ2) is 8.39. The van der Waals surface area contributed by atoms with Gasteiger partial charge in [0.25, 0.3) is 5.69 Å². The number of nitro benzene ring substituents is 1. The van der Waals surface area contributed by atoms with Crippen LogP contribution in [0.2, 0.25) is 0 Å². The van der Waals surface area contributed by atoms with Crippen molar-refractivity contribution in [1.82, 2.24) is 14.8 Å².